The zero-order valence-corrected chi connectivity index (χ0v) is 15.8. The van der Waals surface area contributed by atoms with Gasteiger partial charge in [-0.1, -0.05) is 0 Å². The molecule has 0 radical (unpaired) electrons. The van der Waals surface area contributed by atoms with Crippen LogP contribution in [0.4, 0.5) is 18.9 Å². The van der Waals surface area contributed by atoms with Gasteiger partial charge in [0.1, 0.15) is 5.60 Å². The van der Waals surface area contributed by atoms with E-state index in [4.69, 9.17) is 5.26 Å². The number of rotatable bonds is 4. The minimum absolute atomic E-state index is 0.131. The lowest BCUT2D eigenvalue weighted by Crippen LogP contribution is -2.45. The molecule has 1 fully saturated rings. The minimum atomic E-state index is -4.60. The van der Waals surface area contributed by atoms with E-state index >= 15 is 0 Å². The van der Waals surface area contributed by atoms with Crippen molar-refractivity contribution in [2.75, 3.05) is 11.4 Å². The summed E-state index contributed by atoms with van der Waals surface area (Å²) in [5.41, 5.74) is -0.630. The smallest absolute Gasteiger partial charge is 0.383 e. The lowest BCUT2D eigenvalue weighted by molar-refractivity contribution is -0.137. The van der Waals surface area contributed by atoms with Crippen molar-refractivity contribution in [3.63, 3.8) is 0 Å². The predicted octanol–water partition coefficient (Wildman–Crippen LogP) is 4.27. The van der Waals surface area contributed by atoms with E-state index < -0.39 is 17.3 Å². The summed E-state index contributed by atoms with van der Waals surface area (Å²) in [7, 11) is 0. The van der Waals surface area contributed by atoms with Crippen LogP contribution in [0.1, 0.15) is 55.1 Å². The van der Waals surface area contributed by atoms with Crippen molar-refractivity contribution in [1.82, 2.24) is 9.97 Å². The SMILES string of the molecule is CCN(c1ccc(C#N)c(C(F)(F)F)c1)C1CCCC(O)(c2nc[nH]c2C)C1. The van der Waals surface area contributed by atoms with Crippen LogP contribution in [-0.4, -0.2) is 27.7 Å². The van der Waals surface area contributed by atoms with Crippen LogP contribution in [0.5, 0.6) is 0 Å². The number of imidazole rings is 1. The highest BCUT2D eigenvalue weighted by molar-refractivity contribution is 5.55. The van der Waals surface area contributed by atoms with Gasteiger partial charge in [-0.05, 0) is 51.3 Å². The topological polar surface area (TPSA) is 75.9 Å². The van der Waals surface area contributed by atoms with Gasteiger partial charge in [0.2, 0.25) is 0 Å². The number of H-pyrrole nitrogens is 1. The number of nitrogens with zero attached hydrogens (tertiary/aromatic N) is 3. The van der Waals surface area contributed by atoms with Gasteiger partial charge in [0.05, 0.1) is 29.2 Å². The number of aliphatic hydroxyl groups is 1. The van der Waals surface area contributed by atoms with Crippen molar-refractivity contribution in [2.24, 2.45) is 0 Å². The Bertz CT molecular complexity index is 886. The van der Waals surface area contributed by atoms with Gasteiger partial charge in [0.25, 0.3) is 0 Å². The first-order valence-corrected chi connectivity index (χ1v) is 9.30. The molecule has 28 heavy (non-hydrogen) atoms. The van der Waals surface area contributed by atoms with Crippen molar-refractivity contribution in [3.05, 3.63) is 47.0 Å². The second-order valence-corrected chi connectivity index (χ2v) is 7.28. The van der Waals surface area contributed by atoms with Gasteiger partial charge >= 0.3 is 6.18 Å². The van der Waals surface area contributed by atoms with Crippen molar-refractivity contribution >= 4 is 5.69 Å². The Kier molecular flexibility index (Phi) is 5.39. The average molecular weight is 392 g/mol. The molecule has 5 nitrogen and oxygen atoms in total. The number of aryl methyl sites for hydroxylation is 1. The molecule has 1 aliphatic carbocycles. The number of aromatic nitrogens is 2. The molecule has 150 valence electrons. The second kappa shape index (κ2) is 7.47. The Balaban J connectivity index is 1.94. The molecule has 2 aromatic rings. The van der Waals surface area contributed by atoms with Gasteiger partial charge in [-0.15, -0.1) is 0 Å². The molecule has 1 aromatic heterocycles. The van der Waals surface area contributed by atoms with Gasteiger partial charge in [-0.2, -0.15) is 18.4 Å². The maximum atomic E-state index is 13.4. The van der Waals surface area contributed by atoms with Crippen LogP contribution in [0.3, 0.4) is 0 Å². The van der Waals surface area contributed by atoms with Gasteiger partial charge in [-0.25, -0.2) is 4.98 Å². The first-order valence-electron chi connectivity index (χ1n) is 9.30. The summed E-state index contributed by atoms with van der Waals surface area (Å²) in [6.07, 6.45) is -0.602. The van der Waals surface area contributed by atoms with E-state index in [2.05, 4.69) is 9.97 Å². The van der Waals surface area contributed by atoms with Gasteiger partial charge in [-0.3, -0.25) is 0 Å². The van der Waals surface area contributed by atoms with Crippen molar-refractivity contribution < 1.29 is 18.3 Å². The summed E-state index contributed by atoms with van der Waals surface area (Å²) in [4.78, 5) is 9.12. The normalized spacial score (nSPS) is 22.7. The Hall–Kier alpha value is -2.53. The standard InChI is InChI=1S/C20H23F3N4O/c1-3-27(15-7-6-14(11-24)17(9-15)20(21,22)23)16-5-4-8-19(28,10-16)18-13(2)25-12-26-18/h6-7,9,12,16,28H,3-5,8,10H2,1-2H3,(H,25,26). The number of anilines is 1. The van der Waals surface area contributed by atoms with Crippen LogP contribution < -0.4 is 4.90 Å². The molecule has 3 rings (SSSR count). The second-order valence-electron chi connectivity index (χ2n) is 7.28. The van der Waals surface area contributed by atoms with Crippen LogP contribution in [0.2, 0.25) is 0 Å². The summed E-state index contributed by atoms with van der Waals surface area (Å²) < 4.78 is 40.1. The number of aromatic amines is 1. The third kappa shape index (κ3) is 3.72. The highest BCUT2D eigenvalue weighted by atomic mass is 19.4. The van der Waals surface area contributed by atoms with E-state index in [1.807, 2.05) is 18.7 Å². The fourth-order valence-corrected chi connectivity index (χ4v) is 4.23. The summed E-state index contributed by atoms with van der Waals surface area (Å²) >= 11 is 0. The van der Waals surface area contributed by atoms with Crippen LogP contribution in [-0.2, 0) is 11.8 Å². The zero-order valence-electron chi connectivity index (χ0n) is 15.8. The number of alkyl halides is 3. The van der Waals surface area contributed by atoms with E-state index in [0.717, 1.165) is 24.6 Å². The first kappa shape index (κ1) is 20.2. The maximum absolute atomic E-state index is 13.4. The molecule has 2 unspecified atom stereocenters. The first-order chi connectivity index (χ1) is 13.2. The summed E-state index contributed by atoms with van der Waals surface area (Å²) in [6, 6.07) is 5.28. The van der Waals surface area contributed by atoms with E-state index in [1.54, 1.807) is 18.5 Å². The molecule has 1 saturated carbocycles. The largest absolute Gasteiger partial charge is 0.417 e. The van der Waals surface area contributed by atoms with Crippen molar-refractivity contribution in [3.8, 4) is 6.07 Å². The minimum Gasteiger partial charge on any atom is -0.383 e. The van der Waals surface area contributed by atoms with Gasteiger partial charge in [0, 0.05) is 30.4 Å². The highest BCUT2D eigenvalue weighted by Crippen LogP contribution is 2.41. The molecular formula is C20H23F3N4O. The molecule has 0 bridgehead atoms. The Morgan fingerprint density at radius 2 is 2.18 bits per heavy atom. The molecule has 2 atom stereocenters. The van der Waals surface area contributed by atoms with Crippen LogP contribution in [0, 0.1) is 18.3 Å². The van der Waals surface area contributed by atoms with E-state index in [1.165, 1.54) is 6.07 Å². The molecular weight excluding hydrogens is 369 g/mol. The molecule has 1 aliphatic rings. The number of benzene rings is 1. The summed E-state index contributed by atoms with van der Waals surface area (Å²) in [5.74, 6) is 0. The Morgan fingerprint density at radius 3 is 2.75 bits per heavy atom. The molecule has 8 heteroatoms. The fraction of sp³-hybridized carbons (Fsp3) is 0.500. The lowest BCUT2D eigenvalue weighted by atomic mass is 9.78. The van der Waals surface area contributed by atoms with E-state index in [9.17, 15) is 18.3 Å². The predicted molar refractivity (Wildman–Crippen MR) is 98.7 cm³/mol. The summed E-state index contributed by atoms with van der Waals surface area (Å²) in [6.45, 7) is 4.21. The molecule has 0 amide bonds. The van der Waals surface area contributed by atoms with Gasteiger partial charge in [0.15, 0.2) is 0 Å². The molecule has 0 saturated heterocycles. The maximum Gasteiger partial charge on any atom is 0.417 e. The van der Waals surface area contributed by atoms with Crippen LogP contribution >= 0.6 is 0 Å². The van der Waals surface area contributed by atoms with Crippen LogP contribution in [0.25, 0.3) is 0 Å². The molecule has 1 heterocycles. The number of hydrogen-bond donors (Lipinski definition) is 2. The number of hydrogen-bond acceptors (Lipinski definition) is 4. The molecule has 1 aromatic carbocycles. The fourth-order valence-electron chi connectivity index (χ4n) is 4.23. The Morgan fingerprint density at radius 1 is 1.43 bits per heavy atom. The molecule has 0 aliphatic heterocycles. The lowest BCUT2D eigenvalue weighted by Gasteiger charge is -2.42. The summed E-state index contributed by atoms with van der Waals surface area (Å²) in [5, 5.41) is 20.2. The monoisotopic (exact) mass is 392 g/mol. The van der Waals surface area contributed by atoms with E-state index in [-0.39, 0.29) is 11.6 Å². The zero-order chi connectivity index (χ0) is 20.5. The quantitative estimate of drug-likeness (QED) is 0.815. The molecule has 2 N–H and O–H groups in total. The molecule has 0 spiro atoms. The van der Waals surface area contributed by atoms with E-state index in [0.29, 0.717) is 30.8 Å². The highest BCUT2D eigenvalue weighted by Gasteiger charge is 2.41. The number of nitriles is 1. The third-order valence-electron chi connectivity index (χ3n) is 5.51. The average Bonchev–Trinajstić information content (AvgIpc) is 3.08. The number of halogens is 3. The van der Waals surface area contributed by atoms with Gasteiger partial charge < -0.3 is 15.0 Å². The number of nitrogens with one attached hydrogen (secondary N) is 1. The van der Waals surface area contributed by atoms with Crippen molar-refractivity contribution in [1.29, 1.82) is 5.26 Å². The van der Waals surface area contributed by atoms with Crippen LogP contribution in [0.15, 0.2) is 24.5 Å². The Labute approximate surface area is 161 Å². The van der Waals surface area contributed by atoms with Crippen molar-refractivity contribution in [2.45, 2.75) is 57.3 Å². The third-order valence-corrected chi connectivity index (χ3v) is 5.51.